The molecule has 35 heavy (non-hydrogen) atoms. The number of hydrogen-bond acceptors (Lipinski definition) is 4. The van der Waals surface area contributed by atoms with E-state index < -0.39 is 5.54 Å². The highest BCUT2D eigenvalue weighted by molar-refractivity contribution is 5.49. The van der Waals surface area contributed by atoms with Crippen LogP contribution in [0.15, 0.2) is 121 Å². The Morgan fingerprint density at radius 2 is 1.14 bits per heavy atom. The predicted octanol–water partition coefficient (Wildman–Crippen LogP) is 5.56. The summed E-state index contributed by atoms with van der Waals surface area (Å²) >= 11 is 0. The van der Waals surface area contributed by atoms with Gasteiger partial charge in [-0.1, -0.05) is 121 Å². The van der Waals surface area contributed by atoms with E-state index in [0.717, 1.165) is 28.9 Å². The monoisotopic (exact) mass is 459 g/mol. The summed E-state index contributed by atoms with van der Waals surface area (Å²) in [6.45, 7) is 2.85. The molecule has 1 heterocycles. The third-order valence-corrected chi connectivity index (χ3v) is 6.46. The lowest BCUT2D eigenvalue weighted by atomic mass is 9.76. The molecule has 0 radical (unpaired) electrons. The fraction of sp³-hybridized carbons (Fsp3) is 0.167. The van der Waals surface area contributed by atoms with Crippen molar-refractivity contribution in [1.82, 2.24) is 25.5 Å². The van der Waals surface area contributed by atoms with Crippen LogP contribution in [0.4, 0.5) is 0 Å². The summed E-state index contributed by atoms with van der Waals surface area (Å²) in [5, 5.41) is 16.7. The van der Waals surface area contributed by atoms with Crippen LogP contribution in [0.2, 0.25) is 0 Å². The average molecular weight is 460 g/mol. The third-order valence-electron chi connectivity index (χ3n) is 6.46. The number of rotatable bonds is 9. The Bertz CT molecular complexity index is 1220. The van der Waals surface area contributed by atoms with Gasteiger partial charge in [-0.25, -0.2) is 4.68 Å². The van der Waals surface area contributed by atoms with E-state index in [2.05, 4.69) is 143 Å². The highest BCUT2D eigenvalue weighted by Gasteiger charge is 2.38. The summed E-state index contributed by atoms with van der Waals surface area (Å²) < 4.78 is 1.91. The predicted molar refractivity (Wildman–Crippen MR) is 139 cm³/mol. The van der Waals surface area contributed by atoms with Crippen LogP contribution < -0.4 is 5.32 Å². The topological polar surface area (TPSA) is 55.6 Å². The molecule has 0 aliphatic carbocycles. The lowest BCUT2D eigenvalue weighted by Crippen LogP contribution is -2.46. The van der Waals surface area contributed by atoms with Gasteiger partial charge in [0.05, 0.1) is 11.6 Å². The van der Waals surface area contributed by atoms with Crippen LogP contribution in [-0.4, -0.2) is 20.2 Å². The summed E-state index contributed by atoms with van der Waals surface area (Å²) in [7, 11) is 0. The first-order valence-corrected chi connectivity index (χ1v) is 12.0. The first-order valence-electron chi connectivity index (χ1n) is 12.0. The summed E-state index contributed by atoms with van der Waals surface area (Å²) in [6, 6.07) is 42.1. The van der Waals surface area contributed by atoms with E-state index in [-0.39, 0.29) is 6.04 Å². The molecule has 1 aromatic heterocycles. The molecule has 0 aliphatic rings. The minimum Gasteiger partial charge on any atom is -0.290 e. The molecule has 0 bridgehead atoms. The molecule has 0 fully saturated rings. The fourth-order valence-corrected chi connectivity index (χ4v) is 4.76. The van der Waals surface area contributed by atoms with Crippen molar-refractivity contribution in [3.8, 4) is 0 Å². The average Bonchev–Trinajstić information content (AvgIpc) is 3.41. The number of aromatic nitrogens is 4. The second-order valence-electron chi connectivity index (χ2n) is 8.71. The van der Waals surface area contributed by atoms with Crippen LogP contribution >= 0.6 is 0 Å². The number of tetrazole rings is 1. The Morgan fingerprint density at radius 3 is 1.63 bits per heavy atom. The van der Waals surface area contributed by atoms with E-state index in [9.17, 15) is 0 Å². The molecule has 1 N–H and O–H groups in total. The quantitative estimate of drug-likeness (QED) is 0.293. The van der Waals surface area contributed by atoms with Crippen LogP contribution in [0, 0.1) is 0 Å². The summed E-state index contributed by atoms with van der Waals surface area (Å²) in [5.74, 6) is 0.813. The van der Waals surface area contributed by atoms with Crippen LogP contribution in [0.25, 0.3) is 0 Å². The van der Waals surface area contributed by atoms with Gasteiger partial charge in [-0.05, 0) is 46.0 Å². The standard InChI is InChI=1S/C30H29N5/c1-24(29-32-33-34-35(29)23-22-25-14-6-2-7-15-25)31-30(26-16-8-3-9-17-26,27-18-10-4-11-19-27)28-20-12-5-13-21-28/h2-21,24,31H,22-23H2,1H3. The second kappa shape index (κ2) is 10.5. The molecule has 0 aliphatic heterocycles. The Morgan fingerprint density at radius 1 is 0.686 bits per heavy atom. The van der Waals surface area contributed by atoms with Gasteiger partial charge in [0.15, 0.2) is 5.82 Å². The molecule has 0 saturated carbocycles. The van der Waals surface area contributed by atoms with E-state index in [4.69, 9.17) is 0 Å². The van der Waals surface area contributed by atoms with Gasteiger partial charge in [0.25, 0.3) is 0 Å². The normalized spacial score (nSPS) is 12.4. The van der Waals surface area contributed by atoms with Crippen LogP contribution in [0.5, 0.6) is 0 Å². The fourth-order valence-electron chi connectivity index (χ4n) is 4.76. The highest BCUT2D eigenvalue weighted by atomic mass is 15.5. The Kier molecular flexibility index (Phi) is 6.77. The molecule has 174 valence electrons. The SMILES string of the molecule is CC(NC(c1ccccc1)(c1ccccc1)c1ccccc1)c1nnnn1CCc1ccccc1. The maximum atomic E-state index is 4.43. The maximum Gasteiger partial charge on any atom is 0.167 e. The van der Waals surface area contributed by atoms with Gasteiger partial charge in [-0.3, -0.25) is 5.32 Å². The molecule has 5 nitrogen and oxygen atoms in total. The molecule has 5 aromatic rings. The second-order valence-corrected chi connectivity index (χ2v) is 8.71. The van der Waals surface area contributed by atoms with Crippen LogP contribution in [0.1, 0.15) is 41.0 Å². The smallest absolute Gasteiger partial charge is 0.167 e. The first-order chi connectivity index (χ1) is 17.3. The van der Waals surface area contributed by atoms with Gasteiger partial charge in [0.1, 0.15) is 0 Å². The minimum absolute atomic E-state index is 0.124. The lowest BCUT2D eigenvalue weighted by Gasteiger charge is -2.39. The van der Waals surface area contributed by atoms with Crippen molar-refractivity contribution < 1.29 is 0 Å². The number of nitrogens with zero attached hydrogens (tertiary/aromatic N) is 4. The van der Waals surface area contributed by atoms with Gasteiger partial charge < -0.3 is 0 Å². The van der Waals surface area contributed by atoms with Gasteiger partial charge in [-0.2, -0.15) is 0 Å². The number of nitrogens with one attached hydrogen (secondary N) is 1. The van der Waals surface area contributed by atoms with Crippen molar-refractivity contribution >= 4 is 0 Å². The molecule has 1 atom stereocenters. The zero-order chi connectivity index (χ0) is 23.9. The highest BCUT2D eigenvalue weighted by Crippen LogP contribution is 2.38. The van der Waals surface area contributed by atoms with Crippen molar-refractivity contribution in [2.45, 2.75) is 31.5 Å². The zero-order valence-corrected chi connectivity index (χ0v) is 19.8. The third kappa shape index (κ3) is 4.77. The van der Waals surface area contributed by atoms with Gasteiger partial charge in [0, 0.05) is 6.54 Å². The van der Waals surface area contributed by atoms with Crippen molar-refractivity contribution in [1.29, 1.82) is 0 Å². The molecule has 4 aromatic carbocycles. The Balaban J connectivity index is 1.55. The number of benzene rings is 4. The van der Waals surface area contributed by atoms with Crippen molar-refractivity contribution in [3.05, 3.63) is 149 Å². The van der Waals surface area contributed by atoms with E-state index in [1.54, 1.807) is 0 Å². The molecule has 0 spiro atoms. The Hall–Kier alpha value is -4.09. The van der Waals surface area contributed by atoms with Gasteiger partial charge in [0.2, 0.25) is 0 Å². The molecule has 1 unspecified atom stereocenters. The van der Waals surface area contributed by atoms with Crippen molar-refractivity contribution in [2.24, 2.45) is 0 Å². The van der Waals surface area contributed by atoms with Crippen molar-refractivity contribution in [2.75, 3.05) is 0 Å². The minimum atomic E-state index is -0.584. The van der Waals surface area contributed by atoms with Crippen LogP contribution in [-0.2, 0) is 18.5 Å². The molecule has 5 rings (SSSR count). The largest absolute Gasteiger partial charge is 0.290 e. The number of aryl methyl sites for hydroxylation is 2. The lowest BCUT2D eigenvalue weighted by molar-refractivity contribution is 0.388. The molecule has 0 amide bonds. The summed E-state index contributed by atoms with van der Waals surface area (Å²) in [6.07, 6.45) is 0.868. The van der Waals surface area contributed by atoms with E-state index in [1.165, 1.54) is 5.56 Å². The van der Waals surface area contributed by atoms with E-state index in [0.29, 0.717) is 6.54 Å². The van der Waals surface area contributed by atoms with Gasteiger partial charge >= 0.3 is 0 Å². The van der Waals surface area contributed by atoms with Crippen molar-refractivity contribution in [3.63, 3.8) is 0 Å². The van der Waals surface area contributed by atoms with E-state index in [1.807, 2.05) is 10.7 Å². The summed E-state index contributed by atoms with van der Waals surface area (Å²) in [4.78, 5) is 0. The van der Waals surface area contributed by atoms with Gasteiger partial charge in [-0.15, -0.1) is 5.10 Å². The summed E-state index contributed by atoms with van der Waals surface area (Å²) in [5.41, 5.74) is 4.16. The van der Waals surface area contributed by atoms with E-state index >= 15 is 0 Å². The number of hydrogen-bond donors (Lipinski definition) is 1. The first kappa shape index (κ1) is 22.7. The molecule has 5 heteroatoms. The molecular formula is C30H29N5. The zero-order valence-electron chi connectivity index (χ0n) is 19.8. The van der Waals surface area contributed by atoms with Crippen LogP contribution in [0.3, 0.4) is 0 Å². The Labute approximate surface area is 206 Å². The molecular weight excluding hydrogens is 430 g/mol. The maximum absolute atomic E-state index is 4.43. The molecule has 0 saturated heterocycles.